The van der Waals surface area contributed by atoms with Gasteiger partial charge in [-0.1, -0.05) is 74.5 Å². The summed E-state index contributed by atoms with van der Waals surface area (Å²) in [5.41, 5.74) is 9.44. The first kappa shape index (κ1) is 27.3. The normalized spacial score (nSPS) is 17.1. The number of alkyl halides is 3. The van der Waals surface area contributed by atoms with E-state index in [0.717, 1.165) is 21.4 Å². The number of nitrogens with zero attached hydrogens (tertiary/aromatic N) is 2. The fourth-order valence-corrected chi connectivity index (χ4v) is 5.50. The fraction of sp³-hybridized carbons (Fsp3) is 0.290. The molecule has 0 bridgehead atoms. The van der Waals surface area contributed by atoms with Crippen molar-refractivity contribution in [2.45, 2.75) is 56.9 Å². The molecule has 6 nitrogen and oxygen atoms in total. The van der Waals surface area contributed by atoms with Gasteiger partial charge in [0.2, 0.25) is 0 Å². The SMILES string of the molecule is CCC(CC)(NC(=O)c1cnn2c1NC(c1ccccc1)CC2C(F)(F)F)c1cccc(-c2ccc(N)cc2)c1. The summed E-state index contributed by atoms with van der Waals surface area (Å²) < 4.78 is 43.3. The molecule has 0 fully saturated rings. The van der Waals surface area contributed by atoms with E-state index in [1.54, 1.807) is 24.3 Å². The number of anilines is 2. The Kier molecular flexibility index (Phi) is 7.31. The third-order valence-electron chi connectivity index (χ3n) is 7.90. The summed E-state index contributed by atoms with van der Waals surface area (Å²) in [6.45, 7) is 3.97. The summed E-state index contributed by atoms with van der Waals surface area (Å²) >= 11 is 0. The van der Waals surface area contributed by atoms with Crippen molar-refractivity contribution in [3.05, 3.63) is 102 Å². The standard InChI is InChI=1S/C31H32F3N5O/c1-3-30(4-2,23-12-8-11-22(17-23)20-13-15-24(35)16-14-20)38-29(40)25-19-36-39-27(31(32,33)34)18-26(37-28(25)39)21-9-6-5-7-10-21/h5-17,19,26-27,37H,3-4,18,35H2,1-2H3,(H,38,40). The Labute approximate surface area is 231 Å². The van der Waals surface area contributed by atoms with Crippen LogP contribution in [0.15, 0.2) is 85.1 Å². The lowest BCUT2D eigenvalue weighted by Gasteiger charge is -2.35. The number of nitrogen functional groups attached to an aromatic ring is 1. The summed E-state index contributed by atoms with van der Waals surface area (Å²) in [5, 5.41) is 10.4. The zero-order chi connectivity index (χ0) is 28.5. The number of rotatable bonds is 7. The van der Waals surface area contributed by atoms with Crippen LogP contribution < -0.4 is 16.4 Å². The van der Waals surface area contributed by atoms with E-state index in [-0.39, 0.29) is 17.8 Å². The van der Waals surface area contributed by atoms with Crippen molar-refractivity contribution in [3.8, 4) is 11.1 Å². The van der Waals surface area contributed by atoms with Crippen LogP contribution in [-0.2, 0) is 5.54 Å². The maximum Gasteiger partial charge on any atom is 0.410 e. The van der Waals surface area contributed by atoms with Gasteiger partial charge in [0.1, 0.15) is 11.4 Å². The lowest BCUT2D eigenvalue weighted by Crippen LogP contribution is -2.45. The molecular formula is C31H32F3N5O. The van der Waals surface area contributed by atoms with Gasteiger partial charge in [0, 0.05) is 12.1 Å². The number of amides is 1. The van der Waals surface area contributed by atoms with Crippen LogP contribution in [-0.4, -0.2) is 21.9 Å². The molecule has 2 atom stereocenters. The highest BCUT2D eigenvalue weighted by Crippen LogP contribution is 2.44. The van der Waals surface area contributed by atoms with E-state index in [0.29, 0.717) is 24.1 Å². The monoisotopic (exact) mass is 547 g/mol. The van der Waals surface area contributed by atoms with Crippen LogP contribution in [0.2, 0.25) is 0 Å². The molecule has 1 amide bonds. The fourth-order valence-electron chi connectivity index (χ4n) is 5.50. The van der Waals surface area contributed by atoms with Gasteiger partial charge in [-0.15, -0.1) is 0 Å². The second-order valence-corrected chi connectivity index (χ2v) is 10.2. The Morgan fingerprint density at radius 1 is 1.00 bits per heavy atom. The number of carbonyl (C=O) groups is 1. The summed E-state index contributed by atoms with van der Waals surface area (Å²) in [4.78, 5) is 13.8. The first-order valence-electron chi connectivity index (χ1n) is 13.4. The molecule has 4 aromatic rings. The van der Waals surface area contributed by atoms with Crippen molar-refractivity contribution in [1.29, 1.82) is 0 Å². The minimum Gasteiger partial charge on any atom is -0.399 e. The summed E-state index contributed by atoms with van der Waals surface area (Å²) in [6.07, 6.45) is -2.37. The van der Waals surface area contributed by atoms with Crippen LogP contribution in [0.25, 0.3) is 11.1 Å². The molecule has 3 aromatic carbocycles. The zero-order valence-corrected chi connectivity index (χ0v) is 22.4. The number of benzene rings is 3. The predicted molar refractivity (Wildman–Crippen MR) is 151 cm³/mol. The zero-order valence-electron chi connectivity index (χ0n) is 22.4. The number of nitrogens with one attached hydrogen (secondary N) is 2. The lowest BCUT2D eigenvalue weighted by molar-refractivity contribution is -0.173. The Bertz CT molecular complexity index is 1480. The molecule has 1 aromatic heterocycles. The number of hydrogen-bond donors (Lipinski definition) is 3. The molecule has 0 saturated carbocycles. The van der Waals surface area contributed by atoms with Gasteiger partial charge in [0.25, 0.3) is 5.91 Å². The van der Waals surface area contributed by atoms with Gasteiger partial charge in [0.15, 0.2) is 6.04 Å². The minimum absolute atomic E-state index is 0.0664. The van der Waals surface area contributed by atoms with E-state index < -0.39 is 29.7 Å². The van der Waals surface area contributed by atoms with Gasteiger partial charge < -0.3 is 16.4 Å². The molecule has 5 rings (SSSR count). The topological polar surface area (TPSA) is 85.0 Å². The van der Waals surface area contributed by atoms with Crippen molar-refractivity contribution < 1.29 is 18.0 Å². The third-order valence-corrected chi connectivity index (χ3v) is 7.90. The van der Waals surface area contributed by atoms with E-state index in [1.165, 1.54) is 6.20 Å². The molecule has 0 radical (unpaired) electrons. The molecule has 0 spiro atoms. The molecule has 208 valence electrons. The van der Waals surface area contributed by atoms with E-state index in [1.807, 2.05) is 68.4 Å². The summed E-state index contributed by atoms with van der Waals surface area (Å²) in [6, 6.07) is 22.0. The number of hydrogen-bond acceptors (Lipinski definition) is 4. The van der Waals surface area contributed by atoms with Gasteiger partial charge in [0.05, 0.1) is 17.8 Å². The molecule has 0 aliphatic carbocycles. The molecule has 9 heteroatoms. The molecule has 2 unspecified atom stereocenters. The third kappa shape index (κ3) is 5.15. The Morgan fingerprint density at radius 3 is 2.35 bits per heavy atom. The van der Waals surface area contributed by atoms with Crippen molar-refractivity contribution in [2.24, 2.45) is 0 Å². The van der Waals surface area contributed by atoms with Gasteiger partial charge in [-0.25, -0.2) is 4.68 Å². The molecule has 0 saturated heterocycles. The van der Waals surface area contributed by atoms with Crippen LogP contribution in [0.4, 0.5) is 24.7 Å². The average Bonchev–Trinajstić information content (AvgIpc) is 3.40. The maximum absolute atomic E-state index is 14.1. The number of aromatic nitrogens is 2. The number of carbonyl (C=O) groups excluding carboxylic acids is 1. The van der Waals surface area contributed by atoms with Gasteiger partial charge in [-0.2, -0.15) is 18.3 Å². The molecule has 1 aliphatic heterocycles. The molecular weight excluding hydrogens is 515 g/mol. The lowest BCUT2D eigenvalue weighted by atomic mass is 9.83. The highest BCUT2D eigenvalue weighted by atomic mass is 19.4. The van der Waals surface area contributed by atoms with Crippen LogP contribution in [0.1, 0.15) is 66.7 Å². The summed E-state index contributed by atoms with van der Waals surface area (Å²) in [7, 11) is 0. The van der Waals surface area contributed by atoms with Crippen LogP contribution in [0.5, 0.6) is 0 Å². The van der Waals surface area contributed by atoms with E-state index >= 15 is 0 Å². The largest absolute Gasteiger partial charge is 0.410 e. The van der Waals surface area contributed by atoms with Crippen molar-refractivity contribution in [3.63, 3.8) is 0 Å². The Balaban J connectivity index is 1.49. The van der Waals surface area contributed by atoms with Crippen molar-refractivity contribution in [2.75, 3.05) is 11.1 Å². The second kappa shape index (κ2) is 10.7. The quantitative estimate of drug-likeness (QED) is 0.213. The molecule has 4 N–H and O–H groups in total. The maximum atomic E-state index is 14.1. The van der Waals surface area contributed by atoms with Crippen LogP contribution in [0, 0.1) is 0 Å². The van der Waals surface area contributed by atoms with Gasteiger partial charge >= 0.3 is 6.18 Å². The van der Waals surface area contributed by atoms with Crippen molar-refractivity contribution in [1.82, 2.24) is 15.1 Å². The molecule has 40 heavy (non-hydrogen) atoms. The average molecular weight is 548 g/mol. The summed E-state index contributed by atoms with van der Waals surface area (Å²) in [5.74, 6) is -0.415. The molecule has 1 aliphatic rings. The first-order valence-corrected chi connectivity index (χ1v) is 13.4. The Morgan fingerprint density at radius 2 is 1.70 bits per heavy atom. The highest BCUT2D eigenvalue weighted by molar-refractivity contribution is 5.99. The van der Waals surface area contributed by atoms with E-state index in [9.17, 15) is 18.0 Å². The van der Waals surface area contributed by atoms with E-state index in [4.69, 9.17) is 5.73 Å². The highest BCUT2D eigenvalue weighted by Gasteiger charge is 2.47. The van der Waals surface area contributed by atoms with E-state index in [2.05, 4.69) is 15.7 Å². The number of fused-ring (bicyclic) bond motifs is 1. The van der Waals surface area contributed by atoms with Crippen LogP contribution in [0.3, 0.4) is 0 Å². The van der Waals surface area contributed by atoms with Gasteiger partial charge in [-0.05, 0) is 53.3 Å². The number of nitrogens with two attached hydrogens (primary N) is 1. The number of halogens is 3. The smallest absolute Gasteiger partial charge is 0.399 e. The predicted octanol–water partition coefficient (Wildman–Crippen LogP) is 7.24. The van der Waals surface area contributed by atoms with Crippen LogP contribution >= 0.6 is 0 Å². The van der Waals surface area contributed by atoms with Crippen molar-refractivity contribution >= 4 is 17.4 Å². The second-order valence-electron chi connectivity index (χ2n) is 10.2. The van der Waals surface area contributed by atoms with Gasteiger partial charge in [-0.3, -0.25) is 4.79 Å². The first-order chi connectivity index (χ1) is 19.1. The minimum atomic E-state index is -4.53. The Hall–Kier alpha value is -4.27. The molecule has 2 heterocycles.